The smallest absolute Gasteiger partial charge is 0.238 e. The molecule has 108 valence electrons. The number of methoxy groups -OCH3 is 1. The van der Waals surface area contributed by atoms with Crippen molar-refractivity contribution in [2.24, 2.45) is 5.14 Å². The van der Waals surface area contributed by atoms with Crippen molar-refractivity contribution in [3.8, 4) is 0 Å². The van der Waals surface area contributed by atoms with Gasteiger partial charge in [0.15, 0.2) is 0 Å². The minimum atomic E-state index is -3.73. The number of benzene rings is 1. The molecule has 0 radical (unpaired) electrons. The Labute approximate surface area is 114 Å². The number of sulfonamides is 1. The van der Waals surface area contributed by atoms with Crippen LogP contribution in [0.3, 0.4) is 0 Å². The lowest BCUT2D eigenvalue weighted by Crippen LogP contribution is -2.36. The number of nitrogens with zero attached hydrogens (tertiary/aromatic N) is 1. The molecular weight excluding hydrogens is 266 g/mol. The summed E-state index contributed by atoms with van der Waals surface area (Å²) < 4.78 is 27.6. The van der Waals surface area contributed by atoms with Crippen molar-refractivity contribution in [3.63, 3.8) is 0 Å². The maximum Gasteiger partial charge on any atom is 0.238 e. The van der Waals surface area contributed by atoms with Gasteiger partial charge >= 0.3 is 0 Å². The summed E-state index contributed by atoms with van der Waals surface area (Å²) in [5, 5.41) is 5.07. The number of hydrogen-bond donors (Lipinski definition) is 2. The van der Waals surface area contributed by atoms with E-state index in [9.17, 15) is 8.42 Å². The van der Waals surface area contributed by atoms with Crippen LogP contribution in [0, 0.1) is 0 Å². The van der Waals surface area contributed by atoms with Crippen molar-refractivity contribution in [1.82, 2.24) is 0 Å². The number of nitrogen functional groups attached to an aromatic ring is 1. The molecular formula is C12H21N3O3S. The maximum absolute atomic E-state index is 11.3. The molecule has 0 amide bonds. The van der Waals surface area contributed by atoms with Crippen LogP contribution in [0.2, 0.25) is 0 Å². The third kappa shape index (κ3) is 3.82. The van der Waals surface area contributed by atoms with E-state index in [0.717, 1.165) is 12.2 Å². The highest BCUT2D eigenvalue weighted by atomic mass is 32.2. The molecule has 0 aliphatic carbocycles. The molecule has 1 rings (SSSR count). The summed E-state index contributed by atoms with van der Waals surface area (Å²) in [6.45, 7) is 5.31. The Hall–Kier alpha value is -1.31. The molecule has 0 aliphatic heterocycles. The van der Waals surface area contributed by atoms with E-state index in [1.807, 2.05) is 18.7 Å². The zero-order chi connectivity index (χ0) is 14.6. The van der Waals surface area contributed by atoms with E-state index in [-0.39, 0.29) is 10.9 Å². The number of rotatable bonds is 6. The summed E-state index contributed by atoms with van der Waals surface area (Å²) in [6.07, 6.45) is 0. The second-order valence-electron chi connectivity index (χ2n) is 4.36. The summed E-state index contributed by atoms with van der Waals surface area (Å²) in [6, 6.07) is 4.65. The minimum Gasteiger partial charge on any atom is -0.397 e. The van der Waals surface area contributed by atoms with Gasteiger partial charge in [-0.3, -0.25) is 0 Å². The monoisotopic (exact) mass is 287 g/mol. The van der Waals surface area contributed by atoms with Gasteiger partial charge in [-0.2, -0.15) is 0 Å². The zero-order valence-corrected chi connectivity index (χ0v) is 12.3. The first kappa shape index (κ1) is 15.7. The van der Waals surface area contributed by atoms with Crippen molar-refractivity contribution in [1.29, 1.82) is 0 Å². The number of primary sulfonamides is 1. The first-order valence-corrected chi connectivity index (χ1v) is 7.53. The molecule has 0 heterocycles. The summed E-state index contributed by atoms with van der Waals surface area (Å²) in [5.41, 5.74) is 7.09. The quantitative estimate of drug-likeness (QED) is 0.753. The molecule has 0 saturated heterocycles. The van der Waals surface area contributed by atoms with Crippen LogP contribution in [0.25, 0.3) is 0 Å². The molecule has 0 spiro atoms. The standard InChI is InChI=1S/C12H21N3O3S/c1-4-15(9(2)8-18-3)12-6-5-10(7-11(12)13)19(14,16)17/h5-7,9H,4,8,13H2,1-3H3,(H2,14,16,17). The summed E-state index contributed by atoms with van der Waals surface area (Å²) >= 11 is 0. The van der Waals surface area contributed by atoms with Crippen molar-refractivity contribution in [2.75, 3.05) is 30.9 Å². The van der Waals surface area contributed by atoms with Crippen LogP contribution in [0.5, 0.6) is 0 Å². The van der Waals surface area contributed by atoms with Crippen LogP contribution in [-0.4, -0.2) is 34.7 Å². The average Bonchev–Trinajstić information content (AvgIpc) is 2.31. The molecule has 4 N–H and O–H groups in total. The van der Waals surface area contributed by atoms with Gasteiger partial charge in [0.25, 0.3) is 0 Å². The second-order valence-corrected chi connectivity index (χ2v) is 5.92. The van der Waals surface area contributed by atoms with Crippen LogP contribution in [0.1, 0.15) is 13.8 Å². The van der Waals surface area contributed by atoms with Crippen LogP contribution >= 0.6 is 0 Å². The Morgan fingerprint density at radius 1 is 1.42 bits per heavy atom. The van der Waals surface area contributed by atoms with Gasteiger partial charge in [-0.05, 0) is 32.0 Å². The Kier molecular flexibility index (Phi) is 5.16. The molecule has 0 aliphatic rings. The highest BCUT2D eigenvalue weighted by Crippen LogP contribution is 2.27. The Morgan fingerprint density at radius 2 is 2.05 bits per heavy atom. The van der Waals surface area contributed by atoms with E-state index >= 15 is 0 Å². The minimum absolute atomic E-state index is 0.0178. The number of hydrogen-bond acceptors (Lipinski definition) is 5. The average molecular weight is 287 g/mol. The predicted octanol–water partition coefficient (Wildman–Crippen LogP) is 0.777. The van der Waals surface area contributed by atoms with Gasteiger partial charge in [-0.15, -0.1) is 0 Å². The fourth-order valence-corrected chi connectivity index (χ4v) is 2.57. The topological polar surface area (TPSA) is 98.7 Å². The van der Waals surface area contributed by atoms with Gasteiger partial charge < -0.3 is 15.4 Å². The molecule has 0 aromatic heterocycles. The Balaban J connectivity index is 3.13. The lowest BCUT2D eigenvalue weighted by atomic mass is 10.2. The predicted molar refractivity (Wildman–Crippen MR) is 76.6 cm³/mol. The number of ether oxygens (including phenoxy) is 1. The zero-order valence-electron chi connectivity index (χ0n) is 11.5. The fraction of sp³-hybridized carbons (Fsp3) is 0.500. The highest BCUT2D eigenvalue weighted by molar-refractivity contribution is 7.89. The van der Waals surface area contributed by atoms with E-state index in [1.165, 1.54) is 12.1 Å². The first-order valence-electron chi connectivity index (χ1n) is 5.99. The van der Waals surface area contributed by atoms with Gasteiger partial charge in [-0.25, -0.2) is 13.6 Å². The Bertz CT molecular complexity index is 531. The molecule has 1 unspecified atom stereocenters. The molecule has 6 nitrogen and oxygen atoms in total. The van der Waals surface area contributed by atoms with Crippen molar-refractivity contribution >= 4 is 21.4 Å². The number of anilines is 2. The normalized spacial score (nSPS) is 13.3. The van der Waals surface area contributed by atoms with Gasteiger partial charge in [-0.1, -0.05) is 0 Å². The van der Waals surface area contributed by atoms with Crippen LogP contribution in [0.4, 0.5) is 11.4 Å². The van der Waals surface area contributed by atoms with E-state index in [1.54, 1.807) is 13.2 Å². The van der Waals surface area contributed by atoms with Gasteiger partial charge in [0, 0.05) is 19.7 Å². The SMILES string of the molecule is CCN(c1ccc(S(N)(=O)=O)cc1N)C(C)COC. The van der Waals surface area contributed by atoms with E-state index in [4.69, 9.17) is 15.6 Å². The largest absolute Gasteiger partial charge is 0.397 e. The van der Waals surface area contributed by atoms with Crippen LogP contribution in [0.15, 0.2) is 23.1 Å². The van der Waals surface area contributed by atoms with Crippen LogP contribution < -0.4 is 15.8 Å². The molecule has 0 fully saturated rings. The molecule has 1 aromatic carbocycles. The maximum atomic E-state index is 11.3. The van der Waals surface area contributed by atoms with Gasteiger partial charge in [0.2, 0.25) is 10.0 Å². The van der Waals surface area contributed by atoms with Gasteiger partial charge in [0.1, 0.15) is 0 Å². The van der Waals surface area contributed by atoms with Crippen molar-refractivity contribution in [3.05, 3.63) is 18.2 Å². The van der Waals surface area contributed by atoms with E-state index < -0.39 is 10.0 Å². The molecule has 19 heavy (non-hydrogen) atoms. The highest BCUT2D eigenvalue weighted by Gasteiger charge is 2.17. The summed E-state index contributed by atoms with van der Waals surface area (Å²) in [4.78, 5) is 2.07. The summed E-state index contributed by atoms with van der Waals surface area (Å²) in [5.74, 6) is 0. The molecule has 0 saturated carbocycles. The van der Waals surface area contributed by atoms with E-state index in [2.05, 4.69) is 0 Å². The fourth-order valence-electron chi connectivity index (χ4n) is 2.02. The number of likely N-dealkylation sites (N-methyl/N-ethyl adjacent to an activating group) is 1. The molecule has 1 atom stereocenters. The molecule has 7 heteroatoms. The summed E-state index contributed by atoms with van der Waals surface area (Å²) in [7, 11) is -2.09. The third-order valence-corrected chi connectivity index (χ3v) is 3.83. The third-order valence-electron chi connectivity index (χ3n) is 2.92. The molecule has 0 bridgehead atoms. The van der Waals surface area contributed by atoms with E-state index in [0.29, 0.717) is 12.3 Å². The van der Waals surface area contributed by atoms with Crippen molar-refractivity contribution < 1.29 is 13.2 Å². The first-order chi connectivity index (χ1) is 8.81. The van der Waals surface area contributed by atoms with Crippen LogP contribution in [-0.2, 0) is 14.8 Å². The molecule has 1 aromatic rings. The number of nitrogens with two attached hydrogens (primary N) is 2. The second kappa shape index (κ2) is 6.23. The Morgan fingerprint density at radius 3 is 2.47 bits per heavy atom. The lowest BCUT2D eigenvalue weighted by molar-refractivity contribution is 0.182. The van der Waals surface area contributed by atoms with Crippen molar-refractivity contribution in [2.45, 2.75) is 24.8 Å². The lowest BCUT2D eigenvalue weighted by Gasteiger charge is -2.30. The van der Waals surface area contributed by atoms with Gasteiger partial charge in [0.05, 0.1) is 22.9 Å².